The summed E-state index contributed by atoms with van der Waals surface area (Å²) in [5.41, 5.74) is 1.17. The fourth-order valence-electron chi connectivity index (χ4n) is 5.13. The van der Waals surface area contributed by atoms with E-state index in [0.717, 1.165) is 30.7 Å². The number of H-pyrrole nitrogens is 1. The quantitative estimate of drug-likeness (QED) is 0.432. The zero-order valence-electron chi connectivity index (χ0n) is 20.9. The number of aliphatic hydroxyl groups is 1. The minimum absolute atomic E-state index is 0.0553. The number of fused-ring (bicyclic) bond motifs is 2. The van der Waals surface area contributed by atoms with E-state index in [1.807, 2.05) is 22.9 Å². The fraction of sp³-hybridized carbons (Fsp3) is 0.600. The lowest BCUT2D eigenvalue weighted by Gasteiger charge is -2.33. The highest BCUT2D eigenvalue weighted by Crippen LogP contribution is 2.34. The van der Waals surface area contributed by atoms with Crippen LogP contribution >= 0.6 is 0 Å². The van der Waals surface area contributed by atoms with Gasteiger partial charge in [0.15, 0.2) is 17.3 Å². The van der Waals surface area contributed by atoms with Crippen LogP contribution in [0.25, 0.3) is 10.9 Å². The Hall–Kier alpha value is -3.02. The standard InChI is InChI=1S/C25H34N6O5/c1-16(2)23(24-27-28-29-31(24)15-19-5-3-8-34-19)30(6-4-7-32)14-18-11-17-12-21-22(36-10-9-35-21)13-20(17)26-25(18)33/h11-13,16,19,23,32H,3-10,14-15H2,1-2H3,(H,26,33)/t19-,23+/m1/s1. The number of rotatable bonds is 10. The van der Waals surface area contributed by atoms with Gasteiger partial charge >= 0.3 is 0 Å². The molecule has 11 heteroatoms. The van der Waals surface area contributed by atoms with Gasteiger partial charge in [0.25, 0.3) is 5.56 Å². The maximum Gasteiger partial charge on any atom is 0.252 e. The highest BCUT2D eigenvalue weighted by molar-refractivity contribution is 5.83. The highest BCUT2D eigenvalue weighted by atomic mass is 16.6. The van der Waals surface area contributed by atoms with Crippen LogP contribution in [0.1, 0.15) is 50.5 Å². The number of ether oxygens (including phenoxy) is 3. The van der Waals surface area contributed by atoms with E-state index in [1.54, 1.807) is 0 Å². The third-order valence-electron chi connectivity index (χ3n) is 6.81. The van der Waals surface area contributed by atoms with Crippen LogP contribution in [-0.2, 0) is 17.8 Å². The Kier molecular flexibility index (Phi) is 7.49. The molecule has 0 spiro atoms. The van der Waals surface area contributed by atoms with Crippen molar-refractivity contribution in [2.45, 2.75) is 58.3 Å². The molecule has 2 aromatic heterocycles. The summed E-state index contributed by atoms with van der Waals surface area (Å²) in [5, 5.41) is 23.1. The van der Waals surface area contributed by atoms with Crippen LogP contribution in [0.2, 0.25) is 0 Å². The zero-order valence-corrected chi connectivity index (χ0v) is 20.9. The normalized spacial score (nSPS) is 18.4. The van der Waals surface area contributed by atoms with Gasteiger partial charge in [-0.3, -0.25) is 9.69 Å². The number of tetrazole rings is 1. The van der Waals surface area contributed by atoms with Crippen molar-refractivity contribution in [3.63, 3.8) is 0 Å². The second-order valence-electron chi connectivity index (χ2n) is 9.80. The Balaban J connectivity index is 1.47. The number of hydrogen-bond acceptors (Lipinski definition) is 9. The van der Waals surface area contributed by atoms with E-state index in [2.05, 4.69) is 39.3 Å². The molecule has 1 saturated heterocycles. The molecule has 5 rings (SSSR count). The number of pyridine rings is 1. The lowest BCUT2D eigenvalue weighted by molar-refractivity contribution is 0.0851. The molecule has 2 atom stereocenters. The van der Waals surface area contributed by atoms with Gasteiger partial charge in [-0.25, -0.2) is 4.68 Å². The average molecular weight is 499 g/mol. The van der Waals surface area contributed by atoms with Crippen molar-refractivity contribution in [1.82, 2.24) is 30.1 Å². The summed E-state index contributed by atoms with van der Waals surface area (Å²) in [6.45, 7) is 7.63. The lowest BCUT2D eigenvalue weighted by Crippen LogP contribution is -2.37. The third-order valence-corrected chi connectivity index (χ3v) is 6.81. The molecule has 0 radical (unpaired) electrons. The molecule has 194 valence electrons. The van der Waals surface area contributed by atoms with Crippen LogP contribution in [0.5, 0.6) is 11.5 Å². The summed E-state index contributed by atoms with van der Waals surface area (Å²) in [5.74, 6) is 2.22. The molecule has 0 saturated carbocycles. The van der Waals surface area contributed by atoms with Crippen molar-refractivity contribution in [2.75, 3.05) is 33.0 Å². The van der Waals surface area contributed by atoms with E-state index < -0.39 is 0 Å². The van der Waals surface area contributed by atoms with Crippen molar-refractivity contribution in [3.05, 3.63) is 39.9 Å². The van der Waals surface area contributed by atoms with Crippen molar-refractivity contribution in [1.29, 1.82) is 0 Å². The number of nitrogens with one attached hydrogen (secondary N) is 1. The van der Waals surface area contributed by atoms with Gasteiger partial charge in [-0.15, -0.1) is 5.10 Å². The Labute approximate surface area is 209 Å². The minimum atomic E-state index is -0.158. The molecular formula is C25H34N6O5. The molecule has 4 heterocycles. The Morgan fingerprint density at radius 3 is 2.72 bits per heavy atom. The van der Waals surface area contributed by atoms with Crippen molar-refractivity contribution in [3.8, 4) is 11.5 Å². The van der Waals surface area contributed by atoms with Crippen LogP contribution in [0.3, 0.4) is 0 Å². The number of benzene rings is 1. The SMILES string of the molecule is CC(C)[C@@H](c1nnnn1C[C@H]1CCCO1)N(CCCO)Cc1cc2cc3c(cc2[nH]c1=O)OCCO3. The predicted molar refractivity (Wildman–Crippen MR) is 132 cm³/mol. The first-order valence-corrected chi connectivity index (χ1v) is 12.7. The average Bonchev–Trinajstić information content (AvgIpc) is 3.54. The minimum Gasteiger partial charge on any atom is -0.486 e. The van der Waals surface area contributed by atoms with Crippen LogP contribution in [-0.4, -0.2) is 74.3 Å². The van der Waals surface area contributed by atoms with Gasteiger partial charge in [0.1, 0.15) is 13.2 Å². The van der Waals surface area contributed by atoms with E-state index in [1.165, 1.54) is 0 Å². The van der Waals surface area contributed by atoms with Gasteiger partial charge in [-0.05, 0) is 47.7 Å². The second kappa shape index (κ2) is 10.9. The molecule has 0 amide bonds. The Morgan fingerprint density at radius 2 is 2.00 bits per heavy atom. The topological polar surface area (TPSA) is 128 Å². The molecule has 36 heavy (non-hydrogen) atoms. The van der Waals surface area contributed by atoms with E-state index in [-0.39, 0.29) is 30.2 Å². The van der Waals surface area contributed by atoms with Crippen LogP contribution in [0.4, 0.5) is 0 Å². The molecular weight excluding hydrogens is 464 g/mol. The molecule has 3 aromatic rings. The number of aromatic amines is 1. The molecule has 2 aliphatic heterocycles. The van der Waals surface area contributed by atoms with Crippen LogP contribution < -0.4 is 15.0 Å². The van der Waals surface area contributed by atoms with Crippen LogP contribution in [0, 0.1) is 5.92 Å². The van der Waals surface area contributed by atoms with Crippen molar-refractivity contribution in [2.24, 2.45) is 5.92 Å². The molecule has 0 bridgehead atoms. The van der Waals surface area contributed by atoms with E-state index in [9.17, 15) is 9.90 Å². The summed E-state index contributed by atoms with van der Waals surface area (Å²) in [7, 11) is 0. The van der Waals surface area contributed by atoms with Crippen molar-refractivity contribution >= 4 is 10.9 Å². The monoisotopic (exact) mass is 498 g/mol. The van der Waals surface area contributed by atoms with Gasteiger partial charge < -0.3 is 24.3 Å². The fourth-order valence-corrected chi connectivity index (χ4v) is 5.13. The molecule has 2 aliphatic rings. The van der Waals surface area contributed by atoms with Gasteiger partial charge in [0, 0.05) is 43.3 Å². The maximum atomic E-state index is 13.1. The predicted octanol–water partition coefficient (Wildman–Crippen LogP) is 2.05. The van der Waals surface area contributed by atoms with Gasteiger partial charge in [0.2, 0.25) is 0 Å². The van der Waals surface area contributed by atoms with Gasteiger partial charge in [-0.1, -0.05) is 13.8 Å². The molecule has 1 aromatic carbocycles. The first-order valence-electron chi connectivity index (χ1n) is 12.7. The largest absolute Gasteiger partial charge is 0.486 e. The number of nitrogens with zero attached hydrogens (tertiary/aromatic N) is 5. The Bertz CT molecular complexity index is 1240. The summed E-state index contributed by atoms with van der Waals surface area (Å²) in [6.07, 6.45) is 2.71. The first-order chi connectivity index (χ1) is 17.5. The summed E-state index contributed by atoms with van der Waals surface area (Å²) in [6, 6.07) is 5.48. The highest BCUT2D eigenvalue weighted by Gasteiger charge is 2.31. The Morgan fingerprint density at radius 1 is 1.19 bits per heavy atom. The van der Waals surface area contributed by atoms with Crippen molar-refractivity contribution < 1.29 is 19.3 Å². The molecule has 0 aliphatic carbocycles. The van der Waals surface area contributed by atoms with Crippen LogP contribution in [0.15, 0.2) is 23.0 Å². The molecule has 0 unspecified atom stereocenters. The van der Waals surface area contributed by atoms with Gasteiger partial charge in [0.05, 0.1) is 24.2 Å². The number of hydrogen-bond donors (Lipinski definition) is 2. The summed E-state index contributed by atoms with van der Waals surface area (Å²) < 4.78 is 19.0. The first kappa shape index (κ1) is 24.7. The summed E-state index contributed by atoms with van der Waals surface area (Å²) >= 11 is 0. The molecule has 2 N–H and O–H groups in total. The smallest absolute Gasteiger partial charge is 0.252 e. The second-order valence-corrected chi connectivity index (χ2v) is 9.80. The number of aliphatic hydroxyl groups excluding tert-OH is 1. The maximum absolute atomic E-state index is 13.1. The van der Waals surface area contributed by atoms with E-state index in [0.29, 0.717) is 61.8 Å². The van der Waals surface area contributed by atoms with E-state index >= 15 is 0 Å². The third kappa shape index (κ3) is 5.23. The van der Waals surface area contributed by atoms with Gasteiger partial charge in [-0.2, -0.15) is 0 Å². The number of aromatic nitrogens is 5. The zero-order chi connectivity index (χ0) is 25.1. The molecule has 11 nitrogen and oxygen atoms in total. The summed E-state index contributed by atoms with van der Waals surface area (Å²) in [4.78, 5) is 18.3. The lowest BCUT2D eigenvalue weighted by atomic mass is 10.00. The molecule has 1 fully saturated rings. The van der Waals surface area contributed by atoms with E-state index in [4.69, 9.17) is 14.2 Å².